The largest absolute Gasteiger partial charge is 0.355 e. The summed E-state index contributed by atoms with van der Waals surface area (Å²) in [5.74, 6) is 0.862. The minimum Gasteiger partial charge on any atom is -0.355 e. The molecule has 3 aliphatic rings. The van der Waals surface area contributed by atoms with Crippen LogP contribution in [0.5, 0.6) is 0 Å². The fraction of sp³-hybridized carbons (Fsp3) is 0.714. The number of nitrogens with zero attached hydrogens (tertiary/aromatic N) is 4. The molecule has 1 aromatic rings. The van der Waals surface area contributed by atoms with Gasteiger partial charge in [-0.3, -0.25) is 14.8 Å². The molecule has 1 aromatic heterocycles. The van der Waals surface area contributed by atoms with Gasteiger partial charge in [-0.05, 0) is 6.92 Å². The Morgan fingerprint density at radius 2 is 2.14 bits per heavy atom. The third-order valence-corrected chi connectivity index (χ3v) is 5.11. The summed E-state index contributed by atoms with van der Waals surface area (Å²) in [6.07, 6.45) is 1.92. The fourth-order valence-electron chi connectivity index (χ4n) is 3.00. The summed E-state index contributed by atoms with van der Waals surface area (Å²) in [5.41, 5.74) is 0. The van der Waals surface area contributed by atoms with Crippen molar-refractivity contribution in [1.29, 1.82) is 0 Å². The molecular weight excluding hydrogens is 411 g/mol. The van der Waals surface area contributed by atoms with Gasteiger partial charge >= 0.3 is 0 Å². The highest BCUT2D eigenvalue weighted by molar-refractivity contribution is 14.0. The van der Waals surface area contributed by atoms with Crippen LogP contribution in [0.25, 0.3) is 0 Å². The van der Waals surface area contributed by atoms with Gasteiger partial charge in [0.1, 0.15) is 5.01 Å². The molecule has 0 radical (unpaired) electrons. The predicted molar refractivity (Wildman–Crippen MR) is 102 cm³/mol. The van der Waals surface area contributed by atoms with Crippen molar-refractivity contribution in [2.24, 2.45) is 4.99 Å². The van der Waals surface area contributed by atoms with Crippen LogP contribution in [0.4, 0.5) is 0 Å². The van der Waals surface area contributed by atoms with Crippen molar-refractivity contribution in [2.75, 3.05) is 46.3 Å². The quantitative estimate of drug-likeness (QED) is 0.414. The third-order valence-electron chi connectivity index (χ3n) is 4.20. The van der Waals surface area contributed by atoms with E-state index in [-0.39, 0.29) is 24.0 Å². The van der Waals surface area contributed by atoms with E-state index in [2.05, 4.69) is 37.3 Å². The Balaban J connectivity index is 0.00000176. The summed E-state index contributed by atoms with van der Waals surface area (Å²) in [7, 11) is 1.82. The number of aliphatic imine (C=N–C) groups is 1. The van der Waals surface area contributed by atoms with Crippen LogP contribution in [0.15, 0.2) is 11.2 Å². The molecule has 1 unspecified atom stereocenters. The first-order valence-electron chi connectivity index (χ1n) is 7.57. The highest BCUT2D eigenvalue weighted by Gasteiger charge is 2.31. The molecular formula is C14H25IN6S. The average Bonchev–Trinajstić information content (AvgIpc) is 2.94. The van der Waals surface area contributed by atoms with E-state index in [1.165, 1.54) is 37.6 Å². The zero-order valence-corrected chi connectivity index (χ0v) is 16.4. The van der Waals surface area contributed by atoms with E-state index in [0.717, 1.165) is 24.1 Å². The van der Waals surface area contributed by atoms with Crippen molar-refractivity contribution >= 4 is 41.3 Å². The Hall–Kier alpha value is -0.450. The summed E-state index contributed by atoms with van der Waals surface area (Å²) in [4.78, 5) is 15.0. The van der Waals surface area contributed by atoms with E-state index in [1.54, 1.807) is 11.3 Å². The molecule has 0 aliphatic carbocycles. The topological polar surface area (TPSA) is 55.8 Å². The molecule has 3 saturated heterocycles. The van der Waals surface area contributed by atoms with E-state index in [4.69, 9.17) is 0 Å². The number of nitrogens with one attached hydrogen (secondary N) is 2. The molecule has 0 saturated carbocycles. The lowest BCUT2D eigenvalue weighted by atomic mass is 10.1. The first kappa shape index (κ1) is 17.9. The lowest BCUT2D eigenvalue weighted by Gasteiger charge is -2.47. The average molecular weight is 436 g/mol. The number of halogens is 1. The van der Waals surface area contributed by atoms with E-state index < -0.39 is 0 Å². The van der Waals surface area contributed by atoms with Crippen molar-refractivity contribution in [3.05, 3.63) is 16.1 Å². The Labute approximate surface area is 153 Å². The van der Waals surface area contributed by atoms with Crippen LogP contribution in [-0.4, -0.2) is 73.1 Å². The number of thiazole rings is 1. The second-order valence-corrected chi connectivity index (χ2v) is 6.98. The first-order chi connectivity index (χ1) is 10.2. The number of hydrogen-bond acceptors (Lipinski definition) is 5. The summed E-state index contributed by atoms with van der Waals surface area (Å²) >= 11 is 1.72. The van der Waals surface area contributed by atoms with Crippen molar-refractivity contribution in [3.63, 3.8) is 0 Å². The van der Waals surface area contributed by atoms with Gasteiger partial charge in [-0.15, -0.1) is 35.3 Å². The molecule has 6 nitrogen and oxygen atoms in total. The lowest BCUT2D eigenvalue weighted by Crippen LogP contribution is -2.63. The molecule has 124 valence electrons. The van der Waals surface area contributed by atoms with Crippen molar-refractivity contribution < 1.29 is 0 Å². The maximum Gasteiger partial charge on any atom is 0.191 e. The smallest absolute Gasteiger partial charge is 0.191 e. The van der Waals surface area contributed by atoms with Gasteiger partial charge in [-0.1, -0.05) is 0 Å². The van der Waals surface area contributed by atoms with Gasteiger partial charge in [-0.2, -0.15) is 0 Å². The monoisotopic (exact) mass is 436 g/mol. The van der Waals surface area contributed by atoms with Crippen LogP contribution in [0.3, 0.4) is 0 Å². The Morgan fingerprint density at radius 3 is 2.68 bits per heavy atom. The van der Waals surface area contributed by atoms with Gasteiger partial charge in [0.05, 0.1) is 6.54 Å². The number of guanidine groups is 1. The fourth-order valence-corrected chi connectivity index (χ4v) is 3.72. The molecule has 3 aliphatic heterocycles. The molecule has 8 heteroatoms. The lowest BCUT2D eigenvalue weighted by molar-refractivity contribution is 0.0154. The van der Waals surface area contributed by atoms with Crippen molar-refractivity contribution in [2.45, 2.75) is 19.5 Å². The zero-order valence-electron chi connectivity index (χ0n) is 13.2. The van der Waals surface area contributed by atoms with Crippen LogP contribution in [-0.2, 0) is 6.54 Å². The molecule has 0 aromatic carbocycles. The third kappa shape index (κ3) is 4.53. The summed E-state index contributed by atoms with van der Waals surface area (Å²) < 4.78 is 0. The summed E-state index contributed by atoms with van der Waals surface area (Å²) in [5, 5.41) is 7.88. The Bertz CT molecular complexity index is 497. The van der Waals surface area contributed by atoms with Crippen LogP contribution in [0.1, 0.15) is 9.88 Å². The minimum atomic E-state index is 0. The highest BCUT2D eigenvalue weighted by atomic mass is 127. The molecule has 3 fully saturated rings. The minimum absolute atomic E-state index is 0. The van der Waals surface area contributed by atoms with Crippen molar-refractivity contribution in [1.82, 2.24) is 25.4 Å². The molecule has 0 spiro atoms. The molecule has 22 heavy (non-hydrogen) atoms. The van der Waals surface area contributed by atoms with Gasteiger partial charge in [0.15, 0.2) is 5.96 Å². The van der Waals surface area contributed by atoms with Crippen LogP contribution in [0, 0.1) is 6.92 Å². The predicted octanol–water partition coefficient (Wildman–Crippen LogP) is 0.734. The van der Waals surface area contributed by atoms with E-state index >= 15 is 0 Å². The van der Waals surface area contributed by atoms with Gasteiger partial charge in [0.25, 0.3) is 0 Å². The molecule has 0 amide bonds. The number of rotatable bonds is 4. The summed E-state index contributed by atoms with van der Waals surface area (Å²) in [6, 6.07) is 0.605. The van der Waals surface area contributed by atoms with Gasteiger partial charge < -0.3 is 10.6 Å². The second kappa shape index (κ2) is 8.42. The number of fused-ring (bicyclic) bond motifs is 3. The molecule has 2 bridgehead atoms. The SMILES string of the molecule is CN=C(NCc1ncc(C)s1)NCC1CN2CCN1CC2.I. The van der Waals surface area contributed by atoms with Crippen LogP contribution >= 0.6 is 35.3 Å². The number of aromatic nitrogens is 1. The molecule has 4 rings (SSSR count). The van der Waals surface area contributed by atoms with Gasteiger partial charge in [-0.25, -0.2) is 4.98 Å². The standard InChI is InChI=1S/C14H24N6S.HI/c1-11-7-16-13(21-11)9-18-14(15-2)17-8-12-10-19-3-5-20(12)6-4-19;/h7,12H,3-6,8-10H2,1-2H3,(H2,15,17,18);1H. The van der Waals surface area contributed by atoms with Gasteiger partial charge in [0.2, 0.25) is 0 Å². The maximum absolute atomic E-state index is 4.36. The van der Waals surface area contributed by atoms with E-state index in [9.17, 15) is 0 Å². The normalized spacial score (nSPS) is 27.4. The van der Waals surface area contributed by atoms with E-state index in [1.807, 2.05) is 13.2 Å². The van der Waals surface area contributed by atoms with Crippen LogP contribution in [0.2, 0.25) is 0 Å². The second-order valence-electron chi connectivity index (χ2n) is 5.66. The maximum atomic E-state index is 4.36. The molecule has 2 N–H and O–H groups in total. The van der Waals surface area contributed by atoms with E-state index in [0.29, 0.717) is 6.04 Å². The highest BCUT2D eigenvalue weighted by Crippen LogP contribution is 2.14. The molecule has 4 heterocycles. The number of piperazine rings is 3. The first-order valence-corrected chi connectivity index (χ1v) is 8.38. The van der Waals surface area contributed by atoms with Gasteiger partial charge in [0, 0.05) is 63.4 Å². The van der Waals surface area contributed by atoms with Crippen molar-refractivity contribution in [3.8, 4) is 0 Å². The van der Waals surface area contributed by atoms with Crippen LogP contribution < -0.4 is 10.6 Å². The summed E-state index contributed by atoms with van der Waals surface area (Å²) in [6.45, 7) is 9.81. The Morgan fingerprint density at radius 1 is 1.36 bits per heavy atom. The zero-order chi connectivity index (χ0) is 14.7. The number of aryl methyl sites for hydroxylation is 1. The Kier molecular flexibility index (Phi) is 6.85. The molecule has 1 atom stereocenters. The number of hydrogen-bond donors (Lipinski definition) is 2.